The monoisotopic (exact) mass is 344 g/mol. The van der Waals surface area contributed by atoms with Gasteiger partial charge in [-0.1, -0.05) is 6.07 Å². The van der Waals surface area contributed by atoms with Crippen LogP contribution in [0.1, 0.15) is 24.0 Å². The van der Waals surface area contributed by atoms with Gasteiger partial charge in [-0.2, -0.15) is 13.2 Å². The van der Waals surface area contributed by atoms with Crippen LogP contribution < -0.4 is 5.32 Å². The van der Waals surface area contributed by atoms with Crippen molar-refractivity contribution in [2.45, 2.75) is 39.0 Å². The van der Waals surface area contributed by atoms with Gasteiger partial charge in [-0.3, -0.25) is 9.69 Å². The Bertz CT molecular complexity index is 561. The molecule has 134 valence electrons. The van der Waals surface area contributed by atoms with Gasteiger partial charge < -0.3 is 10.4 Å². The van der Waals surface area contributed by atoms with E-state index in [1.54, 1.807) is 0 Å². The van der Waals surface area contributed by atoms with E-state index in [9.17, 15) is 23.1 Å². The van der Waals surface area contributed by atoms with E-state index in [1.807, 2.05) is 36.9 Å². The Hall–Kier alpha value is -1.60. The number of likely N-dealkylation sites (tertiary alicyclic amines) is 1. The van der Waals surface area contributed by atoms with Gasteiger partial charge in [0.25, 0.3) is 0 Å². The number of nitrogens with one attached hydrogen (secondary N) is 1. The Morgan fingerprint density at radius 1 is 1.25 bits per heavy atom. The topological polar surface area (TPSA) is 52.6 Å². The van der Waals surface area contributed by atoms with Crippen LogP contribution >= 0.6 is 0 Å². The molecule has 24 heavy (non-hydrogen) atoms. The smallest absolute Gasteiger partial charge is 0.383 e. The molecule has 1 aromatic rings. The van der Waals surface area contributed by atoms with Gasteiger partial charge in [-0.05, 0) is 69.0 Å². The van der Waals surface area contributed by atoms with Crippen LogP contribution in [0.4, 0.5) is 18.9 Å². The van der Waals surface area contributed by atoms with Gasteiger partial charge in [0.1, 0.15) is 0 Å². The predicted molar refractivity (Wildman–Crippen MR) is 85.8 cm³/mol. The van der Waals surface area contributed by atoms with E-state index in [4.69, 9.17) is 0 Å². The molecule has 0 bridgehead atoms. The Balaban J connectivity index is 1.82. The summed E-state index contributed by atoms with van der Waals surface area (Å²) in [5, 5.41) is 12.1. The molecule has 2 rings (SSSR count). The summed E-state index contributed by atoms with van der Waals surface area (Å²) in [6.45, 7) is 4.77. The summed E-state index contributed by atoms with van der Waals surface area (Å²) in [6, 6.07) is 5.75. The zero-order valence-electron chi connectivity index (χ0n) is 13.9. The lowest BCUT2D eigenvalue weighted by Crippen LogP contribution is -2.45. The van der Waals surface area contributed by atoms with Crippen molar-refractivity contribution in [3.05, 3.63) is 29.3 Å². The zero-order valence-corrected chi connectivity index (χ0v) is 13.9. The minimum atomic E-state index is -4.58. The molecule has 4 nitrogen and oxygen atoms in total. The maximum Gasteiger partial charge on any atom is 0.414 e. The van der Waals surface area contributed by atoms with Crippen LogP contribution in [-0.4, -0.2) is 47.8 Å². The van der Waals surface area contributed by atoms with E-state index < -0.39 is 18.2 Å². The molecule has 1 aromatic carbocycles. The number of aliphatic hydroxyl groups is 1. The Morgan fingerprint density at radius 2 is 1.79 bits per heavy atom. The predicted octanol–water partition coefficient (Wildman–Crippen LogP) is 2.88. The summed E-state index contributed by atoms with van der Waals surface area (Å²) in [4.78, 5) is 13.9. The number of alkyl halides is 3. The van der Waals surface area contributed by atoms with Crippen LogP contribution in [0.3, 0.4) is 0 Å². The number of hydrogen-bond donors (Lipinski definition) is 2. The van der Waals surface area contributed by atoms with Crippen LogP contribution in [0.15, 0.2) is 18.2 Å². The number of piperidine rings is 1. The molecular formula is C17H23F3N2O2. The largest absolute Gasteiger partial charge is 0.414 e. The first-order chi connectivity index (χ1) is 11.1. The number of aryl methyl sites for hydroxylation is 2. The van der Waals surface area contributed by atoms with Crippen molar-refractivity contribution in [1.82, 2.24) is 4.90 Å². The lowest BCUT2D eigenvalue weighted by molar-refractivity contribution is -0.223. The highest BCUT2D eigenvalue weighted by atomic mass is 19.4. The molecule has 1 aliphatic heterocycles. The van der Waals surface area contributed by atoms with Crippen molar-refractivity contribution < 1.29 is 23.1 Å². The molecule has 1 fully saturated rings. The Labute approximate surface area is 139 Å². The van der Waals surface area contributed by atoms with Crippen LogP contribution in [0, 0.1) is 19.8 Å². The van der Waals surface area contributed by atoms with Crippen molar-refractivity contribution in [2.24, 2.45) is 5.92 Å². The van der Waals surface area contributed by atoms with Gasteiger partial charge in [-0.15, -0.1) is 0 Å². The molecule has 0 spiro atoms. The third kappa shape index (κ3) is 5.21. The summed E-state index contributed by atoms with van der Waals surface area (Å²) < 4.78 is 37.6. The third-order valence-corrected chi connectivity index (χ3v) is 4.29. The molecular weight excluding hydrogens is 321 g/mol. The van der Waals surface area contributed by atoms with E-state index in [0.29, 0.717) is 13.1 Å². The number of carbonyl (C=O) groups is 1. The van der Waals surface area contributed by atoms with Crippen LogP contribution in [-0.2, 0) is 4.79 Å². The highest BCUT2D eigenvalue weighted by Gasteiger charge is 2.44. The molecule has 0 saturated carbocycles. The van der Waals surface area contributed by atoms with Gasteiger partial charge in [0.15, 0.2) is 6.10 Å². The van der Waals surface area contributed by atoms with Crippen molar-refractivity contribution in [3.63, 3.8) is 0 Å². The fourth-order valence-corrected chi connectivity index (χ4v) is 3.14. The van der Waals surface area contributed by atoms with E-state index in [-0.39, 0.29) is 25.3 Å². The van der Waals surface area contributed by atoms with Crippen molar-refractivity contribution in [2.75, 3.05) is 25.0 Å². The molecule has 2 N–H and O–H groups in total. The van der Waals surface area contributed by atoms with Gasteiger partial charge in [0, 0.05) is 5.69 Å². The number of aliphatic hydroxyl groups excluding tert-OH is 1. The summed E-state index contributed by atoms with van der Waals surface area (Å²) in [7, 11) is 0. The average molecular weight is 344 g/mol. The Morgan fingerprint density at radius 3 is 2.29 bits per heavy atom. The minimum absolute atomic E-state index is 0.141. The van der Waals surface area contributed by atoms with E-state index in [2.05, 4.69) is 5.32 Å². The second-order valence-corrected chi connectivity index (χ2v) is 6.52. The van der Waals surface area contributed by atoms with E-state index in [1.165, 1.54) is 0 Å². The fourth-order valence-electron chi connectivity index (χ4n) is 3.14. The maximum atomic E-state index is 12.5. The number of rotatable bonds is 4. The molecule has 0 aliphatic carbocycles. The fraction of sp³-hybridized carbons (Fsp3) is 0.588. The number of halogens is 3. The van der Waals surface area contributed by atoms with Gasteiger partial charge >= 0.3 is 6.18 Å². The number of amides is 1. The van der Waals surface area contributed by atoms with Crippen molar-refractivity contribution in [3.8, 4) is 0 Å². The van der Waals surface area contributed by atoms with Crippen molar-refractivity contribution in [1.29, 1.82) is 0 Å². The highest BCUT2D eigenvalue weighted by Crippen LogP contribution is 2.31. The lowest BCUT2D eigenvalue weighted by atomic mass is 9.91. The SMILES string of the molecule is Cc1cc(C)cc(NC(=O)CN2CCC(C(O)C(F)(F)F)CC2)c1. The summed E-state index contributed by atoms with van der Waals surface area (Å²) >= 11 is 0. The molecule has 0 radical (unpaired) electrons. The number of hydrogen-bond acceptors (Lipinski definition) is 3. The zero-order chi connectivity index (χ0) is 17.9. The maximum absolute atomic E-state index is 12.5. The highest BCUT2D eigenvalue weighted by molar-refractivity contribution is 5.92. The molecule has 1 heterocycles. The second kappa shape index (κ2) is 7.53. The summed E-state index contributed by atoms with van der Waals surface area (Å²) in [5.74, 6) is -0.974. The molecule has 1 unspecified atom stereocenters. The minimum Gasteiger partial charge on any atom is -0.383 e. The van der Waals surface area contributed by atoms with E-state index in [0.717, 1.165) is 16.8 Å². The van der Waals surface area contributed by atoms with Gasteiger partial charge in [0.05, 0.1) is 6.54 Å². The molecule has 7 heteroatoms. The quantitative estimate of drug-likeness (QED) is 0.883. The lowest BCUT2D eigenvalue weighted by Gasteiger charge is -2.34. The van der Waals surface area contributed by atoms with Crippen LogP contribution in [0.5, 0.6) is 0 Å². The van der Waals surface area contributed by atoms with Gasteiger partial charge in [-0.25, -0.2) is 0 Å². The van der Waals surface area contributed by atoms with Crippen molar-refractivity contribution >= 4 is 11.6 Å². The number of nitrogens with zero attached hydrogens (tertiary/aromatic N) is 1. The average Bonchev–Trinajstić information content (AvgIpc) is 2.45. The first-order valence-electron chi connectivity index (χ1n) is 8.00. The first-order valence-corrected chi connectivity index (χ1v) is 8.00. The molecule has 1 aliphatic rings. The summed E-state index contributed by atoms with van der Waals surface area (Å²) in [5.41, 5.74) is 2.82. The van der Waals surface area contributed by atoms with Gasteiger partial charge in [0.2, 0.25) is 5.91 Å². The standard InChI is InChI=1S/C17H23F3N2O2/c1-11-7-12(2)9-14(8-11)21-15(23)10-22-5-3-13(4-6-22)16(24)17(18,19)20/h7-9,13,16,24H,3-6,10H2,1-2H3,(H,21,23). The van der Waals surface area contributed by atoms with Crippen LogP contribution in [0.25, 0.3) is 0 Å². The number of benzene rings is 1. The Kier molecular flexibility index (Phi) is 5.87. The summed E-state index contributed by atoms with van der Waals surface area (Å²) in [6.07, 6.45) is -6.38. The first kappa shape index (κ1) is 18.7. The molecule has 1 saturated heterocycles. The molecule has 1 amide bonds. The second-order valence-electron chi connectivity index (χ2n) is 6.52. The van der Waals surface area contributed by atoms with Crippen LogP contribution in [0.2, 0.25) is 0 Å². The van der Waals surface area contributed by atoms with E-state index >= 15 is 0 Å². The third-order valence-electron chi connectivity index (χ3n) is 4.29. The number of anilines is 1. The normalized spacial score (nSPS) is 18.4. The number of carbonyl (C=O) groups excluding carboxylic acids is 1. The molecule has 1 atom stereocenters. The molecule has 0 aromatic heterocycles.